The van der Waals surface area contributed by atoms with Crippen LogP contribution in [0.3, 0.4) is 0 Å². The largest absolute Gasteiger partial charge is 0.493 e. The lowest BCUT2D eigenvalue weighted by molar-refractivity contribution is -0.146. The summed E-state index contributed by atoms with van der Waals surface area (Å²) < 4.78 is 23.4. The Morgan fingerprint density at radius 2 is 1.74 bits per heavy atom. The maximum Gasteiger partial charge on any atom is 0.310 e. The maximum atomic E-state index is 13.1. The first-order chi connectivity index (χ1) is 13.0. The van der Waals surface area contributed by atoms with Crippen molar-refractivity contribution in [1.82, 2.24) is 4.90 Å². The summed E-state index contributed by atoms with van der Waals surface area (Å²) in [5, 5.41) is 0. The van der Waals surface area contributed by atoms with E-state index in [1.54, 1.807) is 24.0 Å². The van der Waals surface area contributed by atoms with Gasteiger partial charge in [0.1, 0.15) is 11.6 Å². The van der Waals surface area contributed by atoms with E-state index in [2.05, 4.69) is 0 Å². The van der Waals surface area contributed by atoms with Crippen LogP contribution in [0.1, 0.15) is 18.9 Å². The van der Waals surface area contributed by atoms with Crippen molar-refractivity contribution < 1.29 is 23.5 Å². The molecule has 0 saturated carbocycles. The first-order valence-electron chi connectivity index (χ1n) is 8.77. The van der Waals surface area contributed by atoms with Crippen molar-refractivity contribution in [3.05, 3.63) is 66.0 Å². The highest BCUT2D eigenvalue weighted by Gasteiger charge is 2.21. The lowest BCUT2D eigenvalue weighted by Gasteiger charge is -2.25. The zero-order chi connectivity index (χ0) is 19.6. The summed E-state index contributed by atoms with van der Waals surface area (Å²) in [4.78, 5) is 26.0. The number of carbonyl (C=O) groups excluding carboxylic acids is 2. The second kappa shape index (κ2) is 10.3. The van der Waals surface area contributed by atoms with Crippen LogP contribution in [0.4, 0.5) is 4.39 Å². The third-order valence-corrected chi connectivity index (χ3v) is 4.07. The van der Waals surface area contributed by atoms with E-state index >= 15 is 0 Å². The van der Waals surface area contributed by atoms with Crippen LogP contribution in [0.5, 0.6) is 5.75 Å². The fraction of sp³-hybridized carbons (Fsp3) is 0.333. The first-order valence-corrected chi connectivity index (χ1v) is 8.77. The minimum Gasteiger partial charge on any atom is -0.493 e. The number of amides is 1. The van der Waals surface area contributed by atoms with E-state index in [0.717, 1.165) is 5.56 Å². The molecule has 6 heteroatoms. The van der Waals surface area contributed by atoms with Gasteiger partial charge in [-0.2, -0.15) is 0 Å². The second-order valence-corrected chi connectivity index (χ2v) is 6.24. The van der Waals surface area contributed by atoms with Crippen molar-refractivity contribution in [3.63, 3.8) is 0 Å². The summed E-state index contributed by atoms with van der Waals surface area (Å²) >= 11 is 0. The van der Waals surface area contributed by atoms with Crippen LogP contribution in [0.15, 0.2) is 54.6 Å². The van der Waals surface area contributed by atoms with Crippen LogP contribution in [0, 0.1) is 11.7 Å². The van der Waals surface area contributed by atoms with Crippen LogP contribution < -0.4 is 4.74 Å². The Morgan fingerprint density at radius 1 is 1.07 bits per heavy atom. The Bertz CT molecular complexity index is 734. The summed E-state index contributed by atoms with van der Waals surface area (Å²) in [6.45, 7) is 2.44. The number of hydrogen-bond donors (Lipinski definition) is 0. The topological polar surface area (TPSA) is 55.8 Å². The van der Waals surface area contributed by atoms with Gasteiger partial charge in [0, 0.05) is 13.1 Å². The van der Waals surface area contributed by atoms with Crippen molar-refractivity contribution >= 4 is 11.9 Å². The summed E-state index contributed by atoms with van der Waals surface area (Å²) in [6, 6.07) is 15.2. The van der Waals surface area contributed by atoms with Crippen LogP contribution in [-0.2, 0) is 20.9 Å². The fourth-order valence-corrected chi connectivity index (χ4v) is 2.60. The summed E-state index contributed by atoms with van der Waals surface area (Å²) in [7, 11) is 1.32. The highest BCUT2D eigenvalue weighted by atomic mass is 19.1. The summed E-state index contributed by atoms with van der Waals surface area (Å²) in [6.07, 6.45) is 0.171. The Morgan fingerprint density at radius 3 is 2.37 bits per heavy atom. The lowest BCUT2D eigenvalue weighted by atomic mass is 10.1. The van der Waals surface area contributed by atoms with E-state index in [0.29, 0.717) is 5.75 Å². The van der Waals surface area contributed by atoms with Gasteiger partial charge in [-0.05, 0) is 29.8 Å². The van der Waals surface area contributed by atoms with Crippen LogP contribution in [0.25, 0.3) is 0 Å². The Hall–Kier alpha value is -2.89. The van der Waals surface area contributed by atoms with Gasteiger partial charge >= 0.3 is 5.97 Å². The summed E-state index contributed by atoms with van der Waals surface area (Å²) in [5.74, 6) is -0.637. The molecule has 0 aliphatic rings. The van der Waals surface area contributed by atoms with Gasteiger partial charge in [-0.25, -0.2) is 4.39 Å². The average molecular weight is 373 g/mol. The molecule has 2 aromatic rings. The molecule has 27 heavy (non-hydrogen) atoms. The number of carbonyl (C=O) groups is 2. The SMILES string of the molecule is COC(=O)C(C)CN(Cc1ccc(F)cc1)C(=O)CCOc1ccccc1. The summed E-state index contributed by atoms with van der Waals surface area (Å²) in [5.41, 5.74) is 0.783. The molecule has 0 heterocycles. The van der Waals surface area contributed by atoms with Gasteiger partial charge in [-0.1, -0.05) is 37.3 Å². The number of benzene rings is 2. The molecule has 0 spiro atoms. The number of methoxy groups -OCH3 is 1. The molecule has 0 N–H and O–H groups in total. The monoisotopic (exact) mass is 373 g/mol. The van der Waals surface area contributed by atoms with E-state index in [9.17, 15) is 14.0 Å². The maximum absolute atomic E-state index is 13.1. The quantitative estimate of drug-likeness (QED) is 0.632. The molecule has 0 bridgehead atoms. The molecule has 1 amide bonds. The molecule has 2 rings (SSSR count). The van der Waals surface area contributed by atoms with E-state index in [4.69, 9.17) is 9.47 Å². The van der Waals surface area contributed by atoms with E-state index in [1.807, 2.05) is 30.3 Å². The number of halogens is 1. The van der Waals surface area contributed by atoms with Crippen LogP contribution >= 0.6 is 0 Å². The smallest absolute Gasteiger partial charge is 0.310 e. The number of hydrogen-bond acceptors (Lipinski definition) is 4. The second-order valence-electron chi connectivity index (χ2n) is 6.24. The molecule has 0 aromatic heterocycles. The molecule has 0 radical (unpaired) electrons. The van der Waals surface area contributed by atoms with E-state index in [1.165, 1.54) is 19.2 Å². The van der Waals surface area contributed by atoms with Crippen molar-refractivity contribution in [2.75, 3.05) is 20.3 Å². The number of esters is 1. The fourth-order valence-electron chi connectivity index (χ4n) is 2.60. The number of nitrogens with zero attached hydrogens (tertiary/aromatic N) is 1. The van der Waals surface area contributed by atoms with Gasteiger partial charge in [-0.3, -0.25) is 9.59 Å². The van der Waals surface area contributed by atoms with Crippen LogP contribution in [-0.4, -0.2) is 37.0 Å². The molecule has 0 aliphatic carbocycles. The van der Waals surface area contributed by atoms with Crippen LogP contribution in [0.2, 0.25) is 0 Å². The highest BCUT2D eigenvalue weighted by molar-refractivity contribution is 5.78. The zero-order valence-corrected chi connectivity index (χ0v) is 15.6. The van der Waals surface area contributed by atoms with Crippen molar-refractivity contribution in [2.24, 2.45) is 5.92 Å². The van der Waals surface area contributed by atoms with Gasteiger partial charge in [0.05, 0.1) is 26.1 Å². The lowest BCUT2D eigenvalue weighted by Crippen LogP contribution is -2.37. The van der Waals surface area contributed by atoms with E-state index < -0.39 is 5.92 Å². The predicted octanol–water partition coefficient (Wildman–Crippen LogP) is 3.43. The molecular formula is C21H24FNO4. The molecule has 2 aromatic carbocycles. The molecule has 0 fully saturated rings. The van der Waals surface area contributed by atoms with Gasteiger partial charge in [0.2, 0.25) is 5.91 Å². The number of rotatable bonds is 9. The van der Waals surface area contributed by atoms with Crippen molar-refractivity contribution in [2.45, 2.75) is 19.9 Å². The standard InChI is InChI=1S/C21H24FNO4/c1-16(21(25)26-2)14-23(15-17-8-10-18(22)11-9-17)20(24)12-13-27-19-6-4-3-5-7-19/h3-11,16H,12-15H2,1-2H3. The van der Waals surface area contributed by atoms with Gasteiger partial charge in [0.25, 0.3) is 0 Å². The Balaban J connectivity index is 1.99. The number of para-hydroxylation sites is 1. The molecule has 5 nitrogen and oxygen atoms in total. The minimum absolute atomic E-state index is 0.147. The molecular weight excluding hydrogens is 349 g/mol. The Labute approximate surface area is 158 Å². The Kier molecular flexibility index (Phi) is 7.79. The average Bonchev–Trinajstić information content (AvgIpc) is 2.69. The molecule has 0 saturated heterocycles. The van der Waals surface area contributed by atoms with Crippen molar-refractivity contribution in [3.8, 4) is 5.75 Å². The molecule has 1 unspecified atom stereocenters. The van der Waals surface area contributed by atoms with Gasteiger partial charge < -0.3 is 14.4 Å². The molecule has 1 atom stereocenters. The minimum atomic E-state index is -0.463. The third-order valence-electron chi connectivity index (χ3n) is 4.07. The van der Waals surface area contributed by atoms with E-state index in [-0.39, 0.29) is 43.8 Å². The molecule has 144 valence electrons. The van der Waals surface area contributed by atoms with Gasteiger partial charge in [-0.15, -0.1) is 0 Å². The highest BCUT2D eigenvalue weighted by Crippen LogP contribution is 2.13. The van der Waals surface area contributed by atoms with Gasteiger partial charge in [0.15, 0.2) is 0 Å². The van der Waals surface area contributed by atoms with Crippen molar-refractivity contribution in [1.29, 1.82) is 0 Å². The predicted molar refractivity (Wildman–Crippen MR) is 99.6 cm³/mol. The first kappa shape index (κ1) is 20.4. The zero-order valence-electron chi connectivity index (χ0n) is 15.6. The number of ether oxygens (including phenoxy) is 2. The third kappa shape index (κ3) is 6.73. The molecule has 0 aliphatic heterocycles. The normalized spacial score (nSPS) is 11.5.